The van der Waals surface area contributed by atoms with E-state index in [2.05, 4.69) is 0 Å². The van der Waals surface area contributed by atoms with Gasteiger partial charge in [-0.2, -0.15) is 13.2 Å². The smallest absolute Gasteiger partial charge is 0.295 e. The maximum Gasteiger partial charge on any atom is 0.416 e. The van der Waals surface area contributed by atoms with Crippen molar-refractivity contribution in [1.29, 1.82) is 0 Å². The third kappa shape index (κ3) is 3.29. The fourth-order valence-corrected chi connectivity index (χ4v) is 4.08. The predicted molar refractivity (Wildman–Crippen MR) is 90.0 cm³/mol. The minimum atomic E-state index is -4.39. The molecule has 1 saturated heterocycles. The number of rotatable bonds is 2. The molecule has 0 bridgehead atoms. The fraction of sp³-hybridized carbons (Fsp3) is 0.278. The lowest BCUT2D eigenvalue weighted by molar-refractivity contribution is -0.137. The van der Waals surface area contributed by atoms with Crippen molar-refractivity contribution in [3.8, 4) is 0 Å². The topological polar surface area (TPSA) is 20.3 Å². The Morgan fingerprint density at radius 2 is 1.75 bits per heavy atom. The van der Waals surface area contributed by atoms with Gasteiger partial charge in [-0.15, -0.1) is 11.8 Å². The molecule has 0 radical (unpaired) electrons. The van der Waals surface area contributed by atoms with Gasteiger partial charge in [-0.05, 0) is 54.8 Å². The molecule has 1 fully saturated rings. The average molecular weight is 351 g/mol. The second-order valence-corrected chi connectivity index (χ2v) is 6.96. The van der Waals surface area contributed by atoms with Gasteiger partial charge in [0.25, 0.3) is 0 Å². The van der Waals surface area contributed by atoms with Gasteiger partial charge in [0.1, 0.15) is 5.37 Å². The molecule has 126 valence electrons. The van der Waals surface area contributed by atoms with Crippen molar-refractivity contribution in [2.45, 2.75) is 25.4 Å². The van der Waals surface area contributed by atoms with Gasteiger partial charge in [0.05, 0.1) is 11.3 Å². The molecule has 0 spiro atoms. The highest BCUT2D eigenvalue weighted by Gasteiger charge is 2.36. The first-order valence-electron chi connectivity index (χ1n) is 7.45. The summed E-state index contributed by atoms with van der Waals surface area (Å²) in [5.41, 5.74) is 2.54. The van der Waals surface area contributed by atoms with Crippen molar-refractivity contribution >= 4 is 23.4 Å². The summed E-state index contributed by atoms with van der Waals surface area (Å²) in [5, 5.41) is -0.444. The SMILES string of the molecule is Cc1cc(C)cc(N2C(=O)CSC2c2cccc(C(F)(F)F)c2)c1. The van der Waals surface area contributed by atoms with E-state index in [-0.39, 0.29) is 11.7 Å². The van der Waals surface area contributed by atoms with E-state index < -0.39 is 17.1 Å². The zero-order chi connectivity index (χ0) is 17.5. The molecule has 2 aromatic rings. The van der Waals surface area contributed by atoms with Crippen molar-refractivity contribution in [3.63, 3.8) is 0 Å². The van der Waals surface area contributed by atoms with E-state index >= 15 is 0 Å². The van der Waals surface area contributed by atoms with Crippen molar-refractivity contribution in [2.24, 2.45) is 0 Å². The summed E-state index contributed by atoms with van der Waals surface area (Å²) < 4.78 is 38.9. The van der Waals surface area contributed by atoms with Gasteiger partial charge in [-0.3, -0.25) is 9.69 Å². The van der Waals surface area contributed by atoms with Crippen LogP contribution in [0.4, 0.5) is 18.9 Å². The third-order valence-electron chi connectivity index (χ3n) is 3.85. The number of carbonyl (C=O) groups excluding carboxylic acids is 1. The van der Waals surface area contributed by atoms with E-state index in [0.29, 0.717) is 5.56 Å². The molecule has 1 aliphatic heterocycles. The molecule has 1 amide bonds. The molecule has 0 saturated carbocycles. The van der Waals surface area contributed by atoms with Gasteiger partial charge in [-0.25, -0.2) is 0 Å². The minimum Gasteiger partial charge on any atom is -0.295 e. The Balaban J connectivity index is 2.02. The summed E-state index contributed by atoms with van der Waals surface area (Å²) in [6, 6.07) is 11.0. The van der Waals surface area contributed by atoms with Crippen LogP contribution in [0.5, 0.6) is 0 Å². The van der Waals surface area contributed by atoms with Gasteiger partial charge in [0.2, 0.25) is 5.91 Å². The molecule has 2 aromatic carbocycles. The van der Waals surface area contributed by atoms with Gasteiger partial charge < -0.3 is 0 Å². The first-order chi connectivity index (χ1) is 11.3. The van der Waals surface area contributed by atoms with E-state index in [9.17, 15) is 18.0 Å². The number of thioether (sulfide) groups is 1. The molecule has 3 rings (SSSR count). The summed E-state index contributed by atoms with van der Waals surface area (Å²) in [6.07, 6.45) is -4.39. The second kappa shape index (κ2) is 6.16. The molecule has 6 heteroatoms. The molecule has 2 nitrogen and oxygen atoms in total. The van der Waals surface area contributed by atoms with Crippen LogP contribution in [0.15, 0.2) is 42.5 Å². The molecule has 0 N–H and O–H groups in total. The lowest BCUT2D eigenvalue weighted by atomic mass is 10.1. The number of halogens is 3. The van der Waals surface area contributed by atoms with Crippen LogP contribution in [-0.2, 0) is 11.0 Å². The number of hydrogen-bond donors (Lipinski definition) is 0. The van der Waals surface area contributed by atoms with Crippen LogP contribution < -0.4 is 4.90 Å². The number of hydrogen-bond acceptors (Lipinski definition) is 2. The standard InChI is InChI=1S/C18H16F3NOS/c1-11-6-12(2)8-15(7-11)22-16(23)10-24-17(22)13-4-3-5-14(9-13)18(19,20)21/h3-9,17H,10H2,1-2H3. The summed E-state index contributed by atoms with van der Waals surface area (Å²) in [5.74, 6) is 0.167. The maximum absolute atomic E-state index is 13.0. The zero-order valence-electron chi connectivity index (χ0n) is 13.2. The maximum atomic E-state index is 13.0. The zero-order valence-corrected chi connectivity index (χ0v) is 14.0. The number of amides is 1. The average Bonchev–Trinajstić information content (AvgIpc) is 2.87. The number of anilines is 1. The van der Waals surface area contributed by atoms with E-state index in [4.69, 9.17) is 0 Å². The van der Waals surface area contributed by atoms with Crippen LogP contribution in [0.3, 0.4) is 0 Å². The van der Waals surface area contributed by atoms with Crippen LogP contribution >= 0.6 is 11.8 Å². The largest absolute Gasteiger partial charge is 0.416 e. The normalized spacial score (nSPS) is 18.3. The Bertz CT molecular complexity index is 768. The second-order valence-electron chi connectivity index (χ2n) is 5.90. The predicted octanol–water partition coefficient (Wildman–Crippen LogP) is 5.10. The molecular weight excluding hydrogens is 335 g/mol. The number of alkyl halides is 3. The monoisotopic (exact) mass is 351 g/mol. The van der Waals surface area contributed by atoms with Crippen LogP contribution in [0, 0.1) is 13.8 Å². The third-order valence-corrected chi connectivity index (χ3v) is 5.06. The van der Waals surface area contributed by atoms with Crippen molar-refractivity contribution in [1.82, 2.24) is 0 Å². The quantitative estimate of drug-likeness (QED) is 0.750. The molecule has 1 atom stereocenters. The fourth-order valence-electron chi connectivity index (χ4n) is 2.91. The molecular formula is C18H16F3NOS. The molecule has 1 unspecified atom stereocenters. The number of nitrogens with zero attached hydrogens (tertiary/aromatic N) is 1. The van der Waals surface area contributed by atoms with Gasteiger partial charge in [0, 0.05) is 5.69 Å². The highest BCUT2D eigenvalue weighted by atomic mass is 32.2. The molecule has 0 aromatic heterocycles. The minimum absolute atomic E-state index is 0.0904. The summed E-state index contributed by atoms with van der Waals surface area (Å²) in [7, 11) is 0. The van der Waals surface area contributed by atoms with E-state index in [1.54, 1.807) is 11.0 Å². The van der Waals surface area contributed by atoms with Crippen molar-refractivity contribution < 1.29 is 18.0 Å². The summed E-state index contributed by atoms with van der Waals surface area (Å²) >= 11 is 1.35. The van der Waals surface area contributed by atoms with E-state index in [1.807, 2.05) is 32.0 Å². The summed E-state index contributed by atoms with van der Waals surface area (Å²) in [6.45, 7) is 3.87. The highest BCUT2D eigenvalue weighted by Crippen LogP contribution is 2.43. The Kier molecular flexibility index (Phi) is 4.34. The number of benzene rings is 2. The Hall–Kier alpha value is -1.95. The molecule has 1 aliphatic rings. The highest BCUT2D eigenvalue weighted by molar-refractivity contribution is 8.00. The first kappa shape index (κ1) is 16.9. The van der Waals surface area contributed by atoms with Gasteiger partial charge >= 0.3 is 6.18 Å². The van der Waals surface area contributed by atoms with E-state index in [1.165, 1.54) is 17.8 Å². The van der Waals surface area contributed by atoms with Crippen LogP contribution in [-0.4, -0.2) is 11.7 Å². The number of carbonyl (C=O) groups is 1. The van der Waals surface area contributed by atoms with Crippen LogP contribution in [0.25, 0.3) is 0 Å². The van der Waals surface area contributed by atoms with Gasteiger partial charge in [-0.1, -0.05) is 18.2 Å². The van der Waals surface area contributed by atoms with Crippen LogP contribution in [0.2, 0.25) is 0 Å². The molecule has 0 aliphatic carbocycles. The lowest BCUT2D eigenvalue weighted by Crippen LogP contribution is -2.28. The Morgan fingerprint density at radius 3 is 2.38 bits per heavy atom. The number of aryl methyl sites for hydroxylation is 2. The Labute approximate surface area is 142 Å². The van der Waals surface area contributed by atoms with E-state index in [0.717, 1.165) is 28.9 Å². The van der Waals surface area contributed by atoms with Crippen molar-refractivity contribution in [2.75, 3.05) is 10.7 Å². The lowest BCUT2D eigenvalue weighted by Gasteiger charge is -2.25. The van der Waals surface area contributed by atoms with Crippen molar-refractivity contribution in [3.05, 3.63) is 64.7 Å². The first-order valence-corrected chi connectivity index (χ1v) is 8.50. The Morgan fingerprint density at radius 1 is 1.08 bits per heavy atom. The molecule has 1 heterocycles. The van der Waals surface area contributed by atoms with Gasteiger partial charge in [0.15, 0.2) is 0 Å². The van der Waals surface area contributed by atoms with Crippen LogP contribution in [0.1, 0.15) is 27.6 Å². The summed E-state index contributed by atoms with van der Waals surface area (Å²) in [4.78, 5) is 13.9. The molecule has 24 heavy (non-hydrogen) atoms.